The first kappa shape index (κ1) is 20.4. The Labute approximate surface area is 187 Å². The van der Waals surface area contributed by atoms with Crippen LogP contribution in [0.25, 0.3) is 22.2 Å². The van der Waals surface area contributed by atoms with Crippen molar-refractivity contribution in [2.24, 2.45) is 0 Å². The number of fused-ring (bicyclic) bond motifs is 1. The first-order valence-corrected chi connectivity index (χ1v) is 10.9. The molecule has 0 unspecified atom stereocenters. The molecule has 1 saturated heterocycles. The standard InChI is InChI=1S/C26H26N4O2/c31-26(32)25(30-15-13-29(14-16-30)18-19-7-6-12-27-17-19)23-21-10-4-5-11-22(21)28-24(23)20-8-2-1-3-9-20/h1-12,17,25,28H,13-16,18H2,(H,31,32)/t25-/m1/s1. The zero-order valence-corrected chi connectivity index (χ0v) is 17.8. The van der Waals surface area contributed by atoms with Crippen molar-refractivity contribution in [3.05, 3.63) is 90.3 Å². The first-order valence-electron chi connectivity index (χ1n) is 10.9. The molecule has 2 aromatic carbocycles. The van der Waals surface area contributed by atoms with Gasteiger partial charge in [-0.25, -0.2) is 0 Å². The largest absolute Gasteiger partial charge is 0.480 e. The number of nitrogens with one attached hydrogen (secondary N) is 1. The Morgan fingerprint density at radius 2 is 1.72 bits per heavy atom. The van der Waals surface area contributed by atoms with Gasteiger partial charge in [-0.2, -0.15) is 0 Å². The fourth-order valence-electron chi connectivity index (χ4n) is 4.67. The number of carboxylic acids is 1. The summed E-state index contributed by atoms with van der Waals surface area (Å²) in [6, 6.07) is 21.3. The van der Waals surface area contributed by atoms with Crippen LogP contribution in [0.3, 0.4) is 0 Å². The van der Waals surface area contributed by atoms with Gasteiger partial charge in [0.1, 0.15) is 6.04 Å². The number of para-hydroxylation sites is 1. The molecule has 2 N–H and O–H groups in total. The third-order valence-corrected chi connectivity index (χ3v) is 6.22. The highest BCUT2D eigenvalue weighted by molar-refractivity contribution is 5.95. The van der Waals surface area contributed by atoms with Crippen LogP contribution >= 0.6 is 0 Å². The molecule has 32 heavy (non-hydrogen) atoms. The van der Waals surface area contributed by atoms with Gasteiger partial charge in [0.15, 0.2) is 0 Å². The van der Waals surface area contributed by atoms with E-state index in [0.29, 0.717) is 13.1 Å². The Bertz CT molecular complexity index is 1200. The van der Waals surface area contributed by atoms with Crippen LogP contribution in [0, 0.1) is 0 Å². The summed E-state index contributed by atoms with van der Waals surface area (Å²) in [4.78, 5) is 24.8. The topological polar surface area (TPSA) is 72.5 Å². The molecule has 162 valence electrons. The van der Waals surface area contributed by atoms with Crippen molar-refractivity contribution < 1.29 is 9.90 Å². The molecule has 0 aliphatic carbocycles. The summed E-state index contributed by atoms with van der Waals surface area (Å²) in [6.45, 7) is 3.88. The molecule has 1 fully saturated rings. The van der Waals surface area contributed by atoms with Crippen molar-refractivity contribution >= 4 is 16.9 Å². The number of hydrogen-bond donors (Lipinski definition) is 2. The molecule has 1 atom stereocenters. The Hall–Kier alpha value is -3.48. The number of benzene rings is 2. The summed E-state index contributed by atoms with van der Waals surface area (Å²) in [5.41, 5.74) is 4.87. The number of aromatic amines is 1. The summed E-state index contributed by atoms with van der Waals surface area (Å²) in [5, 5.41) is 11.3. The van der Waals surface area contributed by atoms with Crippen molar-refractivity contribution in [1.29, 1.82) is 0 Å². The summed E-state index contributed by atoms with van der Waals surface area (Å²) >= 11 is 0. The van der Waals surface area contributed by atoms with Gasteiger partial charge >= 0.3 is 5.97 Å². The highest BCUT2D eigenvalue weighted by Crippen LogP contribution is 2.37. The maximum absolute atomic E-state index is 12.6. The van der Waals surface area contributed by atoms with Crippen molar-refractivity contribution in [3.8, 4) is 11.3 Å². The van der Waals surface area contributed by atoms with E-state index in [1.165, 1.54) is 5.56 Å². The molecule has 0 bridgehead atoms. The van der Waals surface area contributed by atoms with Crippen molar-refractivity contribution in [3.63, 3.8) is 0 Å². The minimum absolute atomic E-state index is 0.699. The van der Waals surface area contributed by atoms with Gasteiger partial charge in [-0.3, -0.25) is 19.6 Å². The molecular formula is C26H26N4O2. The van der Waals surface area contributed by atoms with E-state index in [2.05, 4.69) is 25.8 Å². The van der Waals surface area contributed by atoms with Gasteiger partial charge in [0.2, 0.25) is 0 Å². The fraction of sp³-hybridized carbons (Fsp3) is 0.231. The van der Waals surface area contributed by atoms with E-state index >= 15 is 0 Å². The lowest BCUT2D eigenvalue weighted by atomic mass is 9.97. The summed E-state index contributed by atoms with van der Waals surface area (Å²) in [5.74, 6) is -0.812. The lowest BCUT2D eigenvalue weighted by molar-refractivity contribution is -0.144. The predicted molar refractivity (Wildman–Crippen MR) is 125 cm³/mol. The fourth-order valence-corrected chi connectivity index (χ4v) is 4.67. The van der Waals surface area contributed by atoms with Crippen molar-refractivity contribution in [1.82, 2.24) is 19.8 Å². The second kappa shape index (κ2) is 8.94. The van der Waals surface area contributed by atoms with Crippen LogP contribution in [0.5, 0.6) is 0 Å². The zero-order chi connectivity index (χ0) is 21.9. The third kappa shape index (κ3) is 4.02. The van der Waals surface area contributed by atoms with Gasteiger partial charge < -0.3 is 10.1 Å². The molecule has 0 amide bonds. The SMILES string of the molecule is O=C(O)[C@@H](c1c(-c2ccccc2)[nH]c2ccccc12)N1CCN(Cc2cccnc2)CC1. The molecule has 3 heterocycles. The second-order valence-electron chi connectivity index (χ2n) is 8.24. The van der Waals surface area contributed by atoms with E-state index < -0.39 is 12.0 Å². The van der Waals surface area contributed by atoms with Crippen LogP contribution in [-0.4, -0.2) is 57.0 Å². The second-order valence-corrected chi connectivity index (χ2v) is 8.24. The molecule has 0 spiro atoms. The zero-order valence-electron chi connectivity index (χ0n) is 17.8. The molecule has 0 radical (unpaired) electrons. The van der Waals surface area contributed by atoms with Gasteiger partial charge in [-0.05, 0) is 23.3 Å². The summed E-state index contributed by atoms with van der Waals surface area (Å²) in [6.07, 6.45) is 3.68. The first-order chi connectivity index (χ1) is 15.7. The Balaban J connectivity index is 1.46. The molecule has 2 aromatic heterocycles. The number of aromatic nitrogens is 2. The van der Waals surface area contributed by atoms with Gasteiger partial charge in [0.05, 0.1) is 5.69 Å². The molecule has 5 rings (SSSR count). The summed E-state index contributed by atoms with van der Waals surface area (Å²) in [7, 11) is 0. The third-order valence-electron chi connectivity index (χ3n) is 6.22. The van der Waals surface area contributed by atoms with E-state index in [-0.39, 0.29) is 0 Å². The normalized spacial score (nSPS) is 16.2. The molecular weight excluding hydrogens is 400 g/mol. The molecule has 1 aliphatic rings. The van der Waals surface area contributed by atoms with Gasteiger partial charge in [0, 0.05) is 61.6 Å². The van der Waals surface area contributed by atoms with E-state index in [1.807, 2.05) is 66.9 Å². The number of carbonyl (C=O) groups is 1. The molecule has 6 heteroatoms. The lowest BCUT2D eigenvalue weighted by Gasteiger charge is -2.38. The molecule has 0 saturated carbocycles. The highest BCUT2D eigenvalue weighted by atomic mass is 16.4. The number of nitrogens with zero attached hydrogens (tertiary/aromatic N) is 3. The molecule has 6 nitrogen and oxygen atoms in total. The average molecular weight is 427 g/mol. The monoisotopic (exact) mass is 426 g/mol. The number of hydrogen-bond acceptors (Lipinski definition) is 4. The van der Waals surface area contributed by atoms with Crippen LogP contribution in [-0.2, 0) is 11.3 Å². The average Bonchev–Trinajstić information content (AvgIpc) is 3.21. The number of aliphatic carboxylic acids is 1. The predicted octanol–water partition coefficient (Wildman–Crippen LogP) is 4.17. The van der Waals surface area contributed by atoms with Gasteiger partial charge in [-0.15, -0.1) is 0 Å². The Morgan fingerprint density at radius 1 is 0.969 bits per heavy atom. The van der Waals surface area contributed by atoms with E-state index in [0.717, 1.165) is 47.4 Å². The van der Waals surface area contributed by atoms with E-state index in [9.17, 15) is 9.90 Å². The van der Waals surface area contributed by atoms with Crippen LogP contribution in [0.1, 0.15) is 17.2 Å². The summed E-state index contributed by atoms with van der Waals surface area (Å²) < 4.78 is 0. The quantitative estimate of drug-likeness (QED) is 0.484. The van der Waals surface area contributed by atoms with E-state index in [4.69, 9.17) is 0 Å². The van der Waals surface area contributed by atoms with Crippen LogP contribution < -0.4 is 0 Å². The van der Waals surface area contributed by atoms with Crippen molar-refractivity contribution in [2.45, 2.75) is 12.6 Å². The van der Waals surface area contributed by atoms with Gasteiger partial charge in [0.25, 0.3) is 0 Å². The van der Waals surface area contributed by atoms with Crippen LogP contribution in [0.4, 0.5) is 0 Å². The van der Waals surface area contributed by atoms with Gasteiger partial charge in [-0.1, -0.05) is 54.6 Å². The smallest absolute Gasteiger partial charge is 0.325 e. The maximum Gasteiger partial charge on any atom is 0.325 e. The Kier molecular flexibility index (Phi) is 5.71. The minimum Gasteiger partial charge on any atom is -0.480 e. The van der Waals surface area contributed by atoms with E-state index in [1.54, 1.807) is 6.20 Å². The number of H-pyrrole nitrogens is 1. The van der Waals surface area contributed by atoms with Crippen molar-refractivity contribution in [2.75, 3.05) is 26.2 Å². The van der Waals surface area contributed by atoms with Crippen LogP contribution in [0.15, 0.2) is 79.1 Å². The Morgan fingerprint density at radius 3 is 2.44 bits per heavy atom. The molecule has 1 aliphatic heterocycles. The maximum atomic E-state index is 12.6. The highest BCUT2D eigenvalue weighted by Gasteiger charge is 2.34. The lowest BCUT2D eigenvalue weighted by Crippen LogP contribution is -2.48. The number of piperazine rings is 1. The minimum atomic E-state index is -0.812. The number of carboxylic acid groups (broad SMARTS) is 1. The number of pyridine rings is 1. The van der Waals surface area contributed by atoms with Crippen LogP contribution in [0.2, 0.25) is 0 Å². The number of rotatable bonds is 6. The molecule has 4 aromatic rings.